The van der Waals surface area contributed by atoms with Crippen LogP contribution >= 0.6 is 0 Å². The van der Waals surface area contributed by atoms with Gasteiger partial charge in [-0.15, -0.1) is 0 Å². The van der Waals surface area contributed by atoms with E-state index < -0.39 is 4.92 Å². The van der Waals surface area contributed by atoms with E-state index in [1.54, 1.807) is 13.0 Å². The lowest BCUT2D eigenvalue weighted by Gasteiger charge is -2.26. The smallest absolute Gasteiger partial charge is 0.272 e. The van der Waals surface area contributed by atoms with Crippen LogP contribution in [0.25, 0.3) is 0 Å². The number of ether oxygens (including phenoxy) is 2. The molecule has 0 radical (unpaired) electrons. The van der Waals surface area contributed by atoms with E-state index in [9.17, 15) is 14.9 Å². The molecule has 0 spiro atoms. The van der Waals surface area contributed by atoms with Crippen LogP contribution in [0.15, 0.2) is 42.5 Å². The number of benzene rings is 2. The van der Waals surface area contributed by atoms with Crippen molar-refractivity contribution >= 4 is 17.3 Å². The maximum absolute atomic E-state index is 12.1. The molecule has 0 bridgehead atoms. The van der Waals surface area contributed by atoms with E-state index in [4.69, 9.17) is 9.47 Å². The number of anilines is 1. The summed E-state index contributed by atoms with van der Waals surface area (Å²) in [5, 5.41) is 13.6. The number of nitrogens with zero attached hydrogens (tertiary/aromatic N) is 2. The summed E-state index contributed by atoms with van der Waals surface area (Å²) in [4.78, 5) is 24.8. The first-order valence-corrected chi connectivity index (χ1v) is 9.08. The zero-order valence-electron chi connectivity index (χ0n) is 15.7. The number of hydrogen-bond acceptors (Lipinski definition) is 6. The number of aryl methyl sites for hydroxylation is 1. The number of nitrogens with one attached hydrogen (secondary N) is 1. The molecule has 1 saturated heterocycles. The van der Waals surface area contributed by atoms with E-state index >= 15 is 0 Å². The van der Waals surface area contributed by atoms with Crippen LogP contribution in [0.3, 0.4) is 0 Å². The largest absolute Gasteiger partial charge is 0.484 e. The molecule has 1 fully saturated rings. The molecule has 1 heterocycles. The van der Waals surface area contributed by atoms with Gasteiger partial charge in [0.25, 0.3) is 11.6 Å². The van der Waals surface area contributed by atoms with Crippen LogP contribution in [0.1, 0.15) is 11.1 Å². The minimum atomic E-state index is -0.450. The van der Waals surface area contributed by atoms with E-state index in [0.29, 0.717) is 17.0 Å². The number of rotatable bonds is 7. The monoisotopic (exact) mass is 385 g/mol. The fraction of sp³-hybridized carbons (Fsp3) is 0.350. The van der Waals surface area contributed by atoms with Gasteiger partial charge in [-0.05, 0) is 36.8 Å². The van der Waals surface area contributed by atoms with Crippen molar-refractivity contribution < 1.29 is 19.2 Å². The Morgan fingerprint density at radius 1 is 1.21 bits per heavy atom. The van der Waals surface area contributed by atoms with E-state index in [1.807, 2.05) is 24.3 Å². The minimum absolute atomic E-state index is 0.0222. The van der Waals surface area contributed by atoms with Crippen LogP contribution in [0.2, 0.25) is 0 Å². The van der Waals surface area contributed by atoms with Crippen molar-refractivity contribution in [2.24, 2.45) is 0 Å². The van der Waals surface area contributed by atoms with Crippen molar-refractivity contribution in [2.75, 3.05) is 38.2 Å². The second-order valence-corrected chi connectivity index (χ2v) is 6.63. The van der Waals surface area contributed by atoms with Crippen LogP contribution < -0.4 is 10.1 Å². The summed E-state index contributed by atoms with van der Waals surface area (Å²) in [7, 11) is 0. The van der Waals surface area contributed by atoms with Gasteiger partial charge in [-0.2, -0.15) is 0 Å². The Morgan fingerprint density at radius 3 is 2.57 bits per heavy atom. The van der Waals surface area contributed by atoms with Crippen molar-refractivity contribution in [3.8, 4) is 5.75 Å². The third kappa shape index (κ3) is 5.51. The van der Waals surface area contributed by atoms with Crippen molar-refractivity contribution in [2.45, 2.75) is 13.5 Å². The Balaban J connectivity index is 1.48. The molecule has 2 aromatic carbocycles. The Morgan fingerprint density at radius 2 is 1.93 bits per heavy atom. The number of carbonyl (C=O) groups excluding carboxylic acids is 1. The zero-order chi connectivity index (χ0) is 19.9. The lowest BCUT2D eigenvalue weighted by atomic mass is 10.2. The lowest BCUT2D eigenvalue weighted by molar-refractivity contribution is -0.385. The average Bonchev–Trinajstić information content (AvgIpc) is 2.68. The molecule has 8 nitrogen and oxygen atoms in total. The normalized spacial score (nSPS) is 14.5. The van der Waals surface area contributed by atoms with Gasteiger partial charge in [-0.25, -0.2) is 0 Å². The van der Waals surface area contributed by atoms with E-state index in [-0.39, 0.29) is 18.2 Å². The van der Waals surface area contributed by atoms with Gasteiger partial charge in [0, 0.05) is 37.0 Å². The molecule has 0 saturated carbocycles. The van der Waals surface area contributed by atoms with Crippen molar-refractivity contribution in [3.05, 3.63) is 63.7 Å². The number of morpholine rings is 1. The van der Waals surface area contributed by atoms with Gasteiger partial charge >= 0.3 is 0 Å². The molecule has 0 unspecified atom stereocenters. The van der Waals surface area contributed by atoms with Gasteiger partial charge < -0.3 is 14.8 Å². The van der Waals surface area contributed by atoms with Crippen molar-refractivity contribution in [1.29, 1.82) is 0 Å². The van der Waals surface area contributed by atoms with Crippen molar-refractivity contribution in [3.63, 3.8) is 0 Å². The fourth-order valence-electron chi connectivity index (χ4n) is 2.98. The maximum atomic E-state index is 12.1. The van der Waals surface area contributed by atoms with Crippen LogP contribution in [0.4, 0.5) is 11.4 Å². The van der Waals surface area contributed by atoms with Crippen molar-refractivity contribution in [1.82, 2.24) is 4.90 Å². The first kappa shape index (κ1) is 19.8. The molecule has 148 valence electrons. The number of carbonyl (C=O) groups is 1. The SMILES string of the molecule is Cc1cc(OCC(=O)Nc2ccc(CN3CCOCC3)cc2)ccc1[N+](=O)[O-]. The number of hydrogen-bond donors (Lipinski definition) is 1. The van der Waals surface area contributed by atoms with Gasteiger partial charge in [0.15, 0.2) is 6.61 Å². The van der Waals surface area contributed by atoms with E-state index in [1.165, 1.54) is 17.7 Å². The Bertz CT molecular complexity index is 832. The minimum Gasteiger partial charge on any atom is -0.484 e. The third-order valence-electron chi connectivity index (χ3n) is 4.48. The van der Waals surface area contributed by atoms with Gasteiger partial charge in [0.05, 0.1) is 18.1 Å². The number of nitro benzene ring substituents is 1. The second-order valence-electron chi connectivity index (χ2n) is 6.63. The molecular formula is C20H23N3O5. The molecule has 8 heteroatoms. The molecular weight excluding hydrogens is 362 g/mol. The summed E-state index contributed by atoms with van der Waals surface area (Å²) < 4.78 is 10.8. The average molecular weight is 385 g/mol. The van der Waals surface area contributed by atoms with Gasteiger partial charge in [-0.3, -0.25) is 19.8 Å². The first-order valence-electron chi connectivity index (χ1n) is 9.08. The fourth-order valence-corrected chi connectivity index (χ4v) is 2.98. The number of nitro groups is 1. The zero-order valence-corrected chi connectivity index (χ0v) is 15.7. The summed E-state index contributed by atoms with van der Waals surface area (Å²) >= 11 is 0. The Hall–Kier alpha value is -2.97. The summed E-state index contributed by atoms with van der Waals surface area (Å²) in [6.45, 7) is 5.71. The van der Waals surface area contributed by atoms with Crippen LogP contribution in [-0.2, 0) is 16.1 Å². The standard InChI is InChI=1S/C20H23N3O5/c1-15-12-18(6-7-19(15)23(25)26)28-14-20(24)21-17-4-2-16(3-5-17)13-22-8-10-27-11-9-22/h2-7,12H,8-11,13-14H2,1H3,(H,21,24). The highest BCUT2D eigenvalue weighted by molar-refractivity contribution is 5.91. The molecule has 1 amide bonds. The summed E-state index contributed by atoms with van der Waals surface area (Å²) in [6.07, 6.45) is 0. The predicted molar refractivity (Wildman–Crippen MR) is 104 cm³/mol. The highest BCUT2D eigenvalue weighted by Crippen LogP contribution is 2.23. The highest BCUT2D eigenvalue weighted by atomic mass is 16.6. The lowest BCUT2D eigenvalue weighted by Crippen LogP contribution is -2.35. The summed E-state index contributed by atoms with van der Waals surface area (Å²) in [6, 6.07) is 12.1. The maximum Gasteiger partial charge on any atom is 0.272 e. The molecule has 1 aliphatic heterocycles. The molecule has 1 N–H and O–H groups in total. The van der Waals surface area contributed by atoms with Gasteiger partial charge in [-0.1, -0.05) is 12.1 Å². The van der Waals surface area contributed by atoms with E-state index in [0.717, 1.165) is 32.8 Å². The highest BCUT2D eigenvalue weighted by Gasteiger charge is 2.12. The Kier molecular flexibility index (Phi) is 6.57. The first-order chi connectivity index (χ1) is 13.5. The molecule has 0 aromatic heterocycles. The van der Waals surface area contributed by atoms with Crippen LogP contribution in [0.5, 0.6) is 5.75 Å². The summed E-state index contributed by atoms with van der Waals surface area (Å²) in [5.41, 5.74) is 2.38. The van der Waals surface area contributed by atoms with E-state index in [2.05, 4.69) is 10.2 Å². The molecule has 3 rings (SSSR count). The summed E-state index contributed by atoms with van der Waals surface area (Å²) in [5.74, 6) is 0.121. The molecule has 1 aliphatic rings. The molecule has 28 heavy (non-hydrogen) atoms. The number of amides is 1. The quantitative estimate of drug-likeness (QED) is 0.582. The second kappa shape index (κ2) is 9.29. The van der Waals surface area contributed by atoms with Gasteiger partial charge in [0.2, 0.25) is 0 Å². The predicted octanol–water partition coefficient (Wildman–Crippen LogP) is 2.75. The molecule has 0 atom stereocenters. The Labute approximate surface area is 163 Å². The topological polar surface area (TPSA) is 93.9 Å². The van der Waals surface area contributed by atoms with Gasteiger partial charge in [0.1, 0.15) is 5.75 Å². The third-order valence-corrected chi connectivity index (χ3v) is 4.48. The van der Waals surface area contributed by atoms with Crippen LogP contribution in [0, 0.1) is 17.0 Å². The molecule has 2 aromatic rings. The molecule has 0 aliphatic carbocycles. The van der Waals surface area contributed by atoms with Crippen LogP contribution in [-0.4, -0.2) is 48.6 Å².